The first-order chi connectivity index (χ1) is 11.3. The standard InChI is InChI=1S/C18H13N3O2/c19-21-20-12-13-6-8-15(9-7-13)18-11-16(22)10-17(23-18)14-4-2-1-3-5-14/h1-11H,12H2. The summed E-state index contributed by atoms with van der Waals surface area (Å²) in [4.78, 5) is 14.7. The van der Waals surface area contributed by atoms with Crippen molar-refractivity contribution in [2.45, 2.75) is 6.54 Å². The molecule has 0 aliphatic rings. The molecule has 112 valence electrons. The first kappa shape index (κ1) is 14.6. The Hall–Kier alpha value is -3.30. The van der Waals surface area contributed by atoms with Crippen LogP contribution < -0.4 is 5.43 Å². The molecular weight excluding hydrogens is 290 g/mol. The van der Waals surface area contributed by atoms with Gasteiger partial charge in [0.25, 0.3) is 0 Å². The number of azide groups is 1. The molecule has 0 atom stereocenters. The van der Waals surface area contributed by atoms with Gasteiger partial charge in [0.15, 0.2) is 5.43 Å². The van der Waals surface area contributed by atoms with E-state index in [9.17, 15) is 4.79 Å². The van der Waals surface area contributed by atoms with Gasteiger partial charge < -0.3 is 4.42 Å². The van der Waals surface area contributed by atoms with Gasteiger partial charge in [-0.1, -0.05) is 59.7 Å². The molecule has 0 aliphatic heterocycles. The van der Waals surface area contributed by atoms with Crippen LogP contribution in [0.2, 0.25) is 0 Å². The van der Waals surface area contributed by atoms with Gasteiger partial charge >= 0.3 is 0 Å². The second-order valence-electron chi connectivity index (χ2n) is 4.97. The summed E-state index contributed by atoms with van der Waals surface area (Å²) in [7, 11) is 0. The molecule has 0 spiro atoms. The van der Waals surface area contributed by atoms with Crippen LogP contribution in [0, 0.1) is 0 Å². The van der Waals surface area contributed by atoms with Crippen LogP contribution >= 0.6 is 0 Å². The normalized spacial score (nSPS) is 10.1. The van der Waals surface area contributed by atoms with Gasteiger partial charge in [-0.25, -0.2) is 0 Å². The van der Waals surface area contributed by atoms with Gasteiger partial charge in [0.05, 0.1) is 6.54 Å². The average Bonchev–Trinajstić information content (AvgIpc) is 2.60. The summed E-state index contributed by atoms with van der Waals surface area (Å²) in [6, 6.07) is 19.8. The minimum absolute atomic E-state index is 0.108. The lowest BCUT2D eigenvalue weighted by atomic mass is 10.1. The fraction of sp³-hybridized carbons (Fsp3) is 0.0556. The zero-order chi connectivity index (χ0) is 16.1. The lowest BCUT2D eigenvalue weighted by Crippen LogP contribution is -1.98. The second-order valence-corrected chi connectivity index (χ2v) is 4.97. The third-order valence-corrected chi connectivity index (χ3v) is 3.38. The van der Waals surface area contributed by atoms with Crippen molar-refractivity contribution in [1.82, 2.24) is 0 Å². The Kier molecular flexibility index (Phi) is 4.22. The van der Waals surface area contributed by atoms with Crippen molar-refractivity contribution in [2.24, 2.45) is 5.11 Å². The van der Waals surface area contributed by atoms with Gasteiger partial charge in [0, 0.05) is 28.2 Å². The van der Waals surface area contributed by atoms with Crippen LogP contribution in [0.1, 0.15) is 5.56 Å². The Morgan fingerprint density at radius 1 is 0.913 bits per heavy atom. The van der Waals surface area contributed by atoms with E-state index in [0.717, 1.165) is 16.7 Å². The van der Waals surface area contributed by atoms with Gasteiger partial charge in [0.1, 0.15) is 11.5 Å². The van der Waals surface area contributed by atoms with Gasteiger partial charge in [0.2, 0.25) is 0 Å². The van der Waals surface area contributed by atoms with Crippen molar-refractivity contribution in [2.75, 3.05) is 0 Å². The second kappa shape index (κ2) is 6.64. The predicted molar refractivity (Wildman–Crippen MR) is 88.7 cm³/mol. The number of nitrogens with zero attached hydrogens (tertiary/aromatic N) is 3. The Bertz CT molecular complexity index is 909. The zero-order valence-corrected chi connectivity index (χ0v) is 12.2. The highest BCUT2D eigenvalue weighted by molar-refractivity contribution is 5.62. The molecule has 0 saturated carbocycles. The van der Waals surface area contributed by atoms with E-state index in [-0.39, 0.29) is 5.43 Å². The van der Waals surface area contributed by atoms with Crippen LogP contribution in [0.5, 0.6) is 0 Å². The fourth-order valence-corrected chi connectivity index (χ4v) is 2.25. The molecule has 2 aromatic carbocycles. The summed E-state index contributed by atoms with van der Waals surface area (Å²) < 4.78 is 5.87. The molecule has 0 saturated heterocycles. The number of hydrogen-bond acceptors (Lipinski definition) is 3. The minimum atomic E-state index is -0.108. The zero-order valence-electron chi connectivity index (χ0n) is 12.2. The molecule has 0 bridgehead atoms. The summed E-state index contributed by atoms with van der Waals surface area (Å²) in [6.45, 7) is 0.296. The summed E-state index contributed by atoms with van der Waals surface area (Å²) in [6.07, 6.45) is 0. The third-order valence-electron chi connectivity index (χ3n) is 3.38. The Morgan fingerprint density at radius 3 is 2.13 bits per heavy atom. The van der Waals surface area contributed by atoms with Crippen molar-refractivity contribution >= 4 is 0 Å². The lowest BCUT2D eigenvalue weighted by molar-refractivity contribution is 0.580. The van der Waals surface area contributed by atoms with Crippen LogP contribution in [-0.2, 0) is 6.54 Å². The maximum absolute atomic E-state index is 12.0. The highest BCUT2D eigenvalue weighted by atomic mass is 16.3. The number of benzene rings is 2. The van der Waals surface area contributed by atoms with Gasteiger partial charge in [-0.2, -0.15) is 0 Å². The molecule has 0 N–H and O–H groups in total. The summed E-state index contributed by atoms with van der Waals surface area (Å²) in [5, 5.41) is 3.52. The number of rotatable bonds is 4. The molecule has 1 heterocycles. The van der Waals surface area contributed by atoms with E-state index in [1.807, 2.05) is 54.6 Å². The maximum Gasteiger partial charge on any atom is 0.186 e. The van der Waals surface area contributed by atoms with Crippen molar-refractivity contribution in [3.63, 3.8) is 0 Å². The van der Waals surface area contributed by atoms with Crippen LogP contribution in [0.4, 0.5) is 0 Å². The monoisotopic (exact) mass is 303 g/mol. The van der Waals surface area contributed by atoms with E-state index >= 15 is 0 Å². The van der Waals surface area contributed by atoms with Gasteiger partial charge in [-0.15, -0.1) is 0 Å². The molecule has 0 aliphatic carbocycles. The summed E-state index contributed by atoms with van der Waals surface area (Å²) in [5.74, 6) is 1.04. The molecule has 0 fully saturated rings. The summed E-state index contributed by atoms with van der Waals surface area (Å²) in [5.41, 5.74) is 10.8. The van der Waals surface area contributed by atoms with E-state index < -0.39 is 0 Å². The van der Waals surface area contributed by atoms with Crippen molar-refractivity contribution in [3.8, 4) is 22.6 Å². The molecule has 5 heteroatoms. The van der Waals surface area contributed by atoms with Crippen molar-refractivity contribution < 1.29 is 4.42 Å². The number of hydrogen-bond donors (Lipinski definition) is 0. The first-order valence-electron chi connectivity index (χ1n) is 7.07. The lowest BCUT2D eigenvalue weighted by Gasteiger charge is -2.05. The highest BCUT2D eigenvalue weighted by Gasteiger charge is 2.07. The Labute approximate surface area is 132 Å². The summed E-state index contributed by atoms with van der Waals surface area (Å²) >= 11 is 0. The molecule has 0 amide bonds. The van der Waals surface area contributed by atoms with E-state index in [1.54, 1.807) is 0 Å². The van der Waals surface area contributed by atoms with Crippen LogP contribution in [-0.4, -0.2) is 0 Å². The van der Waals surface area contributed by atoms with E-state index in [1.165, 1.54) is 12.1 Å². The fourth-order valence-electron chi connectivity index (χ4n) is 2.25. The quantitative estimate of drug-likeness (QED) is 0.395. The molecule has 23 heavy (non-hydrogen) atoms. The first-order valence-corrected chi connectivity index (χ1v) is 7.07. The molecule has 3 rings (SSSR count). The van der Waals surface area contributed by atoms with E-state index in [2.05, 4.69) is 10.0 Å². The minimum Gasteiger partial charge on any atom is -0.456 e. The molecular formula is C18H13N3O2. The van der Waals surface area contributed by atoms with Gasteiger partial charge in [-0.05, 0) is 11.1 Å². The molecule has 5 nitrogen and oxygen atoms in total. The highest BCUT2D eigenvalue weighted by Crippen LogP contribution is 2.25. The third kappa shape index (κ3) is 3.48. The molecule has 3 aromatic rings. The topological polar surface area (TPSA) is 79.0 Å². The molecule has 0 radical (unpaired) electrons. The van der Waals surface area contributed by atoms with Crippen molar-refractivity contribution in [1.29, 1.82) is 0 Å². The van der Waals surface area contributed by atoms with Crippen LogP contribution in [0.15, 0.2) is 81.1 Å². The molecule has 1 aromatic heterocycles. The van der Waals surface area contributed by atoms with Crippen LogP contribution in [0.3, 0.4) is 0 Å². The smallest absolute Gasteiger partial charge is 0.186 e. The molecule has 0 unspecified atom stereocenters. The maximum atomic E-state index is 12.0. The Balaban J connectivity index is 1.98. The van der Waals surface area contributed by atoms with Crippen LogP contribution in [0.25, 0.3) is 33.1 Å². The predicted octanol–water partition coefficient (Wildman–Crippen LogP) is 4.78. The average molecular weight is 303 g/mol. The van der Waals surface area contributed by atoms with E-state index in [0.29, 0.717) is 18.1 Å². The SMILES string of the molecule is [N-]=[N+]=NCc1ccc(-c2cc(=O)cc(-c3ccccc3)o2)cc1. The van der Waals surface area contributed by atoms with Gasteiger partial charge in [-0.3, -0.25) is 4.79 Å². The van der Waals surface area contributed by atoms with E-state index in [4.69, 9.17) is 9.95 Å². The largest absolute Gasteiger partial charge is 0.456 e. The van der Waals surface area contributed by atoms with Crippen molar-refractivity contribution in [3.05, 3.63) is 93.0 Å². The Morgan fingerprint density at radius 2 is 1.52 bits per heavy atom.